The zero-order valence-corrected chi connectivity index (χ0v) is 23.6. The lowest BCUT2D eigenvalue weighted by Crippen LogP contribution is -2.36. The van der Waals surface area contributed by atoms with Crippen molar-refractivity contribution < 1.29 is 19.4 Å². The van der Waals surface area contributed by atoms with E-state index in [0.717, 1.165) is 35.1 Å². The van der Waals surface area contributed by atoms with Crippen LogP contribution in [0.15, 0.2) is 36.5 Å². The highest BCUT2D eigenvalue weighted by molar-refractivity contribution is 6.05. The monoisotopic (exact) mass is 557 g/mol. The lowest BCUT2D eigenvalue weighted by atomic mass is 9.97. The first-order valence-electron chi connectivity index (χ1n) is 14.2. The summed E-state index contributed by atoms with van der Waals surface area (Å²) in [6.45, 7) is 6.66. The second-order valence-corrected chi connectivity index (χ2v) is 11.2. The number of piperidine rings is 1. The number of hydrogen-bond acceptors (Lipinski definition) is 7. The lowest BCUT2D eigenvalue weighted by Gasteiger charge is -2.32. The van der Waals surface area contributed by atoms with Crippen molar-refractivity contribution >= 4 is 34.5 Å². The summed E-state index contributed by atoms with van der Waals surface area (Å²) in [5.41, 5.74) is 5.35. The number of pyridine rings is 1. The number of amides is 1. The molecule has 11 heteroatoms. The van der Waals surface area contributed by atoms with Crippen LogP contribution < -0.4 is 15.0 Å². The van der Waals surface area contributed by atoms with Crippen LogP contribution in [0.3, 0.4) is 0 Å². The van der Waals surface area contributed by atoms with Crippen LogP contribution in [-0.2, 0) is 18.4 Å². The number of benzene rings is 1. The van der Waals surface area contributed by atoms with E-state index in [-0.39, 0.29) is 11.8 Å². The molecule has 2 N–H and O–H groups in total. The quantitative estimate of drug-likeness (QED) is 0.369. The van der Waals surface area contributed by atoms with Gasteiger partial charge in [0, 0.05) is 43.6 Å². The van der Waals surface area contributed by atoms with Crippen molar-refractivity contribution in [2.75, 3.05) is 29.9 Å². The molecule has 6 rings (SSSR count). The van der Waals surface area contributed by atoms with Crippen LogP contribution >= 0.6 is 0 Å². The fourth-order valence-corrected chi connectivity index (χ4v) is 5.86. The largest absolute Gasteiger partial charge is 0.481 e. The lowest BCUT2D eigenvalue weighted by molar-refractivity contribution is -0.142. The predicted octanol–water partition coefficient (Wildman–Crippen LogP) is 4.50. The second-order valence-electron chi connectivity index (χ2n) is 11.2. The third-order valence-electron chi connectivity index (χ3n) is 8.12. The van der Waals surface area contributed by atoms with Gasteiger partial charge in [0.1, 0.15) is 0 Å². The molecule has 1 aromatic carbocycles. The molecule has 1 amide bonds. The number of nitrogens with one attached hydrogen (secondary N) is 1. The molecule has 2 aliphatic rings. The molecule has 3 aromatic heterocycles. The molecule has 41 heavy (non-hydrogen) atoms. The Balaban J connectivity index is 1.37. The summed E-state index contributed by atoms with van der Waals surface area (Å²) in [5, 5.41) is 16.8. The maximum atomic E-state index is 13.6. The van der Waals surface area contributed by atoms with Gasteiger partial charge in [-0.05, 0) is 68.9 Å². The number of carbonyl (C=O) groups is 2. The van der Waals surface area contributed by atoms with Crippen molar-refractivity contribution in [3.8, 4) is 17.1 Å². The number of carbonyl (C=O) groups excluding carboxylic acids is 1. The molecule has 0 radical (unpaired) electrons. The Bertz CT molecular complexity index is 1620. The van der Waals surface area contributed by atoms with Crippen LogP contribution in [0.1, 0.15) is 48.7 Å². The second kappa shape index (κ2) is 10.9. The third-order valence-corrected chi connectivity index (χ3v) is 8.12. The van der Waals surface area contributed by atoms with E-state index in [1.807, 2.05) is 26.1 Å². The molecule has 2 aliphatic heterocycles. The minimum absolute atomic E-state index is 0.266. The van der Waals surface area contributed by atoms with E-state index in [1.54, 1.807) is 23.0 Å². The van der Waals surface area contributed by atoms with Crippen LogP contribution in [0, 0.1) is 18.8 Å². The van der Waals surface area contributed by atoms with Crippen molar-refractivity contribution in [1.29, 1.82) is 0 Å². The topological polar surface area (TPSA) is 127 Å². The van der Waals surface area contributed by atoms with E-state index in [1.165, 1.54) is 0 Å². The number of nitrogens with zero attached hydrogens (tertiary/aromatic N) is 6. The summed E-state index contributed by atoms with van der Waals surface area (Å²) in [7, 11) is 1.84. The molecular weight excluding hydrogens is 522 g/mol. The van der Waals surface area contributed by atoms with Crippen LogP contribution in [0.5, 0.6) is 5.88 Å². The smallest absolute Gasteiger partial charge is 0.306 e. The van der Waals surface area contributed by atoms with Gasteiger partial charge in [0.25, 0.3) is 5.91 Å². The van der Waals surface area contributed by atoms with Crippen LogP contribution in [0.4, 0.5) is 11.6 Å². The first-order chi connectivity index (χ1) is 19.8. The van der Waals surface area contributed by atoms with Gasteiger partial charge < -0.3 is 19.3 Å². The molecule has 1 saturated heterocycles. The van der Waals surface area contributed by atoms with E-state index >= 15 is 0 Å². The minimum atomic E-state index is -0.717. The number of hydrogen-bond donors (Lipinski definition) is 2. The average Bonchev–Trinajstić information content (AvgIpc) is 3.49. The highest BCUT2D eigenvalue weighted by Crippen LogP contribution is 2.32. The molecule has 0 aliphatic carbocycles. The SMILES string of the molecule is Cc1cc2cc(n1)-c1cnn(C)c1OCCC[C@@H](C)Cn1c(nc3ccc(N4CCC(C(=O)O)CC4)cc31)NC2=O. The molecule has 11 nitrogen and oxygen atoms in total. The number of carboxylic acids is 1. The summed E-state index contributed by atoms with van der Waals surface area (Å²) in [4.78, 5) is 36.8. The Hall–Kier alpha value is -4.41. The van der Waals surface area contributed by atoms with Crippen LogP contribution in [0.2, 0.25) is 0 Å². The Morgan fingerprint density at radius 2 is 1.93 bits per heavy atom. The summed E-state index contributed by atoms with van der Waals surface area (Å²) >= 11 is 0. The van der Waals surface area contributed by atoms with E-state index in [0.29, 0.717) is 73.8 Å². The highest BCUT2D eigenvalue weighted by atomic mass is 16.5. The number of aryl methyl sites for hydroxylation is 2. The van der Waals surface area contributed by atoms with Gasteiger partial charge in [0.05, 0.1) is 41.0 Å². The molecule has 5 heterocycles. The zero-order chi connectivity index (χ0) is 28.7. The standard InChI is InChI=1S/C30H35N7O4/c1-18-5-4-12-41-28-23(16-31-35(28)3)25-14-21(13-19(2)32-25)27(38)34-30-33-24-7-6-22(15-26(24)37(30)17-18)36-10-8-20(9-11-36)29(39)40/h6-7,13-16,18,20H,4-5,8-12,17H2,1-3H3,(H,39,40)(H,33,34,38)/t18-/m1/s1. The molecule has 0 spiro atoms. The number of aliphatic carboxylic acids is 1. The number of rotatable bonds is 2. The van der Waals surface area contributed by atoms with Gasteiger partial charge in [-0.15, -0.1) is 0 Å². The summed E-state index contributed by atoms with van der Waals surface area (Å²) < 4.78 is 9.97. The first kappa shape index (κ1) is 26.8. The number of imidazole rings is 1. The van der Waals surface area contributed by atoms with Gasteiger partial charge in [0.2, 0.25) is 11.8 Å². The molecule has 0 unspecified atom stereocenters. The molecule has 4 aromatic rings. The fraction of sp³-hybridized carbons (Fsp3) is 0.433. The molecule has 1 atom stereocenters. The summed E-state index contributed by atoms with van der Waals surface area (Å²) in [5.74, 6) is 0.162. The van der Waals surface area contributed by atoms with Crippen molar-refractivity contribution in [1.82, 2.24) is 24.3 Å². The average molecular weight is 558 g/mol. The Labute approximate surface area is 238 Å². The van der Waals surface area contributed by atoms with E-state index in [2.05, 4.69) is 37.9 Å². The van der Waals surface area contributed by atoms with Crippen LogP contribution in [-0.4, -0.2) is 61.0 Å². The maximum absolute atomic E-state index is 13.6. The number of fused-ring (bicyclic) bond motifs is 7. The zero-order valence-electron chi connectivity index (χ0n) is 23.6. The van der Waals surface area contributed by atoms with Gasteiger partial charge >= 0.3 is 5.97 Å². The van der Waals surface area contributed by atoms with Gasteiger partial charge in [-0.2, -0.15) is 5.10 Å². The van der Waals surface area contributed by atoms with Gasteiger partial charge in [-0.3, -0.25) is 19.9 Å². The molecular formula is C30H35N7O4. The van der Waals surface area contributed by atoms with E-state index in [9.17, 15) is 14.7 Å². The minimum Gasteiger partial charge on any atom is -0.481 e. The molecule has 0 saturated carbocycles. The van der Waals surface area contributed by atoms with Crippen molar-refractivity contribution in [2.24, 2.45) is 18.9 Å². The molecule has 1 fully saturated rings. The highest BCUT2D eigenvalue weighted by Gasteiger charge is 2.26. The van der Waals surface area contributed by atoms with E-state index in [4.69, 9.17) is 9.72 Å². The molecule has 2 bridgehead atoms. The van der Waals surface area contributed by atoms with Crippen molar-refractivity contribution in [3.63, 3.8) is 0 Å². The fourth-order valence-electron chi connectivity index (χ4n) is 5.86. The third kappa shape index (κ3) is 5.36. The Morgan fingerprint density at radius 3 is 2.71 bits per heavy atom. The molecule has 214 valence electrons. The van der Waals surface area contributed by atoms with E-state index < -0.39 is 5.97 Å². The predicted molar refractivity (Wildman–Crippen MR) is 155 cm³/mol. The van der Waals surface area contributed by atoms with Gasteiger partial charge in [-0.25, -0.2) is 9.67 Å². The summed E-state index contributed by atoms with van der Waals surface area (Å²) in [6.07, 6.45) is 4.76. The van der Waals surface area contributed by atoms with Gasteiger partial charge in [-0.1, -0.05) is 6.92 Å². The van der Waals surface area contributed by atoms with Crippen LogP contribution in [0.25, 0.3) is 22.3 Å². The Morgan fingerprint density at radius 1 is 1.12 bits per heavy atom. The number of ether oxygens (including phenoxy) is 1. The van der Waals surface area contributed by atoms with Crippen molar-refractivity contribution in [2.45, 2.75) is 46.1 Å². The maximum Gasteiger partial charge on any atom is 0.306 e. The number of aromatic nitrogens is 5. The number of anilines is 2. The summed E-state index contributed by atoms with van der Waals surface area (Å²) in [6, 6.07) is 9.66. The number of carboxylic acid groups (broad SMARTS) is 1. The first-order valence-corrected chi connectivity index (χ1v) is 14.2. The Kier molecular flexibility index (Phi) is 7.10. The van der Waals surface area contributed by atoms with Gasteiger partial charge in [0.15, 0.2) is 0 Å². The normalized spacial score (nSPS) is 18.6. The van der Waals surface area contributed by atoms with Crippen molar-refractivity contribution in [3.05, 3.63) is 47.8 Å².